The number of anilines is 1. The SMILES string of the molecule is Cc1ccc(OCc2nc(C(=O)Nc3ncccc3O)cs2)cc1. The van der Waals surface area contributed by atoms with Gasteiger partial charge in [-0.15, -0.1) is 11.3 Å². The minimum Gasteiger partial charge on any atom is -0.504 e. The Morgan fingerprint density at radius 1 is 1.29 bits per heavy atom. The highest BCUT2D eigenvalue weighted by molar-refractivity contribution is 7.09. The summed E-state index contributed by atoms with van der Waals surface area (Å²) in [6, 6.07) is 10.7. The predicted molar refractivity (Wildman–Crippen MR) is 91.5 cm³/mol. The fraction of sp³-hybridized carbons (Fsp3) is 0.118. The molecule has 6 nitrogen and oxygen atoms in total. The Balaban J connectivity index is 1.61. The molecule has 0 bridgehead atoms. The smallest absolute Gasteiger partial charge is 0.276 e. The maximum Gasteiger partial charge on any atom is 0.276 e. The maximum atomic E-state index is 12.1. The summed E-state index contributed by atoms with van der Waals surface area (Å²) < 4.78 is 5.64. The lowest BCUT2D eigenvalue weighted by Gasteiger charge is -2.04. The summed E-state index contributed by atoms with van der Waals surface area (Å²) >= 11 is 1.34. The van der Waals surface area contributed by atoms with Crippen LogP contribution in [0.2, 0.25) is 0 Å². The number of thiazole rings is 1. The molecule has 0 aliphatic rings. The molecule has 122 valence electrons. The molecule has 0 fully saturated rings. The van der Waals surface area contributed by atoms with Crippen molar-refractivity contribution in [1.82, 2.24) is 9.97 Å². The molecular weight excluding hydrogens is 326 g/mol. The van der Waals surface area contributed by atoms with Crippen molar-refractivity contribution in [3.05, 3.63) is 64.2 Å². The van der Waals surface area contributed by atoms with Gasteiger partial charge in [0.05, 0.1) is 0 Å². The third-order valence-corrected chi connectivity index (χ3v) is 4.01. The van der Waals surface area contributed by atoms with Gasteiger partial charge in [0.15, 0.2) is 11.6 Å². The van der Waals surface area contributed by atoms with E-state index in [1.807, 2.05) is 31.2 Å². The van der Waals surface area contributed by atoms with E-state index in [1.54, 1.807) is 11.4 Å². The first-order chi connectivity index (χ1) is 11.6. The van der Waals surface area contributed by atoms with Gasteiger partial charge in [-0.2, -0.15) is 0 Å². The van der Waals surface area contributed by atoms with Crippen molar-refractivity contribution >= 4 is 23.1 Å². The zero-order valence-corrected chi connectivity index (χ0v) is 13.7. The molecule has 2 heterocycles. The summed E-state index contributed by atoms with van der Waals surface area (Å²) in [6.07, 6.45) is 1.48. The number of hydrogen-bond acceptors (Lipinski definition) is 6. The largest absolute Gasteiger partial charge is 0.504 e. The Hall–Kier alpha value is -2.93. The Morgan fingerprint density at radius 3 is 2.83 bits per heavy atom. The van der Waals surface area contributed by atoms with Crippen LogP contribution in [0.3, 0.4) is 0 Å². The number of amides is 1. The summed E-state index contributed by atoms with van der Waals surface area (Å²) in [7, 11) is 0. The molecule has 0 aliphatic heterocycles. The molecule has 0 radical (unpaired) electrons. The molecule has 3 rings (SSSR count). The van der Waals surface area contributed by atoms with Crippen LogP contribution >= 0.6 is 11.3 Å². The third kappa shape index (κ3) is 3.88. The van der Waals surface area contributed by atoms with Crippen LogP contribution in [0, 0.1) is 6.92 Å². The van der Waals surface area contributed by atoms with Crippen molar-refractivity contribution < 1.29 is 14.6 Å². The van der Waals surface area contributed by atoms with Crippen LogP contribution in [0.25, 0.3) is 0 Å². The summed E-state index contributed by atoms with van der Waals surface area (Å²) in [5, 5.41) is 14.5. The van der Waals surface area contributed by atoms with Gasteiger partial charge < -0.3 is 15.2 Å². The first kappa shape index (κ1) is 15.9. The number of carbonyl (C=O) groups excluding carboxylic acids is 1. The van der Waals surface area contributed by atoms with E-state index in [4.69, 9.17) is 4.74 Å². The number of nitrogens with one attached hydrogen (secondary N) is 1. The molecule has 0 aliphatic carbocycles. The fourth-order valence-electron chi connectivity index (χ4n) is 1.93. The van der Waals surface area contributed by atoms with Gasteiger partial charge in [0.2, 0.25) is 0 Å². The summed E-state index contributed by atoms with van der Waals surface area (Å²) in [5.74, 6) is 0.332. The van der Waals surface area contributed by atoms with Crippen LogP contribution in [0.5, 0.6) is 11.5 Å². The van der Waals surface area contributed by atoms with Gasteiger partial charge in [-0.3, -0.25) is 4.79 Å². The van der Waals surface area contributed by atoms with Crippen molar-refractivity contribution in [2.24, 2.45) is 0 Å². The maximum absolute atomic E-state index is 12.1. The van der Waals surface area contributed by atoms with E-state index in [1.165, 1.54) is 23.6 Å². The molecule has 0 saturated heterocycles. The van der Waals surface area contributed by atoms with E-state index in [9.17, 15) is 9.90 Å². The van der Waals surface area contributed by atoms with Gasteiger partial charge >= 0.3 is 0 Å². The van der Waals surface area contributed by atoms with Crippen molar-refractivity contribution in [2.45, 2.75) is 13.5 Å². The van der Waals surface area contributed by atoms with Crippen LogP contribution in [0.15, 0.2) is 48.0 Å². The lowest BCUT2D eigenvalue weighted by Crippen LogP contribution is -2.13. The number of hydrogen-bond donors (Lipinski definition) is 2. The van der Waals surface area contributed by atoms with Crippen molar-refractivity contribution in [1.29, 1.82) is 0 Å². The predicted octanol–water partition coefficient (Wildman–Crippen LogP) is 3.38. The molecule has 24 heavy (non-hydrogen) atoms. The Morgan fingerprint density at radius 2 is 2.08 bits per heavy atom. The van der Waals surface area contributed by atoms with Gasteiger partial charge in [-0.1, -0.05) is 17.7 Å². The van der Waals surface area contributed by atoms with Gasteiger partial charge in [-0.05, 0) is 31.2 Å². The molecular formula is C17H15N3O3S. The van der Waals surface area contributed by atoms with Gasteiger partial charge in [0.25, 0.3) is 5.91 Å². The molecule has 2 N–H and O–H groups in total. The van der Waals surface area contributed by atoms with E-state index in [2.05, 4.69) is 15.3 Å². The van der Waals surface area contributed by atoms with E-state index < -0.39 is 5.91 Å². The van der Waals surface area contributed by atoms with Crippen molar-refractivity contribution in [3.63, 3.8) is 0 Å². The highest BCUT2D eigenvalue weighted by Crippen LogP contribution is 2.20. The number of pyridine rings is 1. The molecule has 0 spiro atoms. The third-order valence-electron chi connectivity index (χ3n) is 3.19. The molecule has 0 atom stereocenters. The lowest BCUT2D eigenvalue weighted by atomic mass is 10.2. The minimum atomic E-state index is -0.429. The first-order valence-electron chi connectivity index (χ1n) is 7.21. The number of rotatable bonds is 5. The van der Waals surface area contributed by atoms with E-state index in [-0.39, 0.29) is 23.9 Å². The fourth-order valence-corrected chi connectivity index (χ4v) is 2.61. The minimum absolute atomic E-state index is 0.0935. The summed E-state index contributed by atoms with van der Waals surface area (Å²) in [6.45, 7) is 2.30. The quantitative estimate of drug-likeness (QED) is 0.743. The highest BCUT2D eigenvalue weighted by atomic mass is 32.1. The van der Waals surface area contributed by atoms with Crippen molar-refractivity contribution in [2.75, 3.05) is 5.32 Å². The lowest BCUT2D eigenvalue weighted by molar-refractivity contribution is 0.102. The van der Waals surface area contributed by atoms with E-state index in [0.717, 1.165) is 11.3 Å². The second kappa shape index (κ2) is 7.10. The Labute approximate surface area is 142 Å². The number of aromatic hydroxyl groups is 1. The monoisotopic (exact) mass is 341 g/mol. The second-order valence-electron chi connectivity index (χ2n) is 5.05. The van der Waals surface area contributed by atoms with Gasteiger partial charge in [-0.25, -0.2) is 9.97 Å². The molecule has 1 amide bonds. The molecule has 0 unspecified atom stereocenters. The first-order valence-corrected chi connectivity index (χ1v) is 8.09. The van der Waals surface area contributed by atoms with Crippen molar-refractivity contribution in [3.8, 4) is 11.5 Å². The number of aryl methyl sites for hydroxylation is 1. The molecule has 2 aromatic heterocycles. The molecule has 0 saturated carbocycles. The number of benzene rings is 1. The van der Waals surface area contributed by atoms with Gasteiger partial charge in [0.1, 0.15) is 23.1 Å². The average molecular weight is 341 g/mol. The normalized spacial score (nSPS) is 10.4. The van der Waals surface area contributed by atoms with Crippen LogP contribution in [0.4, 0.5) is 5.82 Å². The Kier molecular flexibility index (Phi) is 4.72. The van der Waals surface area contributed by atoms with Crippen LogP contribution in [-0.4, -0.2) is 21.0 Å². The van der Waals surface area contributed by atoms with E-state index in [0.29, 0.717) is 5.01 Å². The molecule has 7 heteroatoms. The zero-order valence-electron chi connectivity index (χ0n) is 12.9. The van der Waals surface area contributed by atoms with Crippen LogP contribution in [0.1, 0.15) is 21.1 Å². The van der Waals surface area contributed by atoms with Gasteiger partial charge in [0, 0.05) is 11.6 Å². The summed E-state index contributed by atoms with van der Waals surface area (Å²) in [4.78, 5) is 20.3. The number of aromatic nitrogens is 2. The summed E-state index contributed by atoms with van der Waals surface area (Å²) in [5.41, 5.74) is 1.42. The van der Waals surface area contributed by atoms with Crippen LogP contribution < -0.4 is 10.1 Å². The average Bonchev–Trinajstić information content (AvgIpc) is 3.06. The second-order valence-corrected chi connectivity index (χ2v) is 6.00. The highest BCUT2D eigenvalue weighted by Gasteiger charge is 2.13. The topological polar surface area (TPSA) is 84.3 Å². The van der Waals surface area contributed by atoms with Crippen LogP contribution in [-0.2, 0) is 6.61 Å². The molecule has 3 aromatic rings. The Bertz CT molecular complexity index is 846. The number of nitrogens with zero attached hydrogens (tertiary/aromatic N) is 2. The standard InChI is InChI=1S/C17H15N3O3S/c1-11-4-6-12(7-5-11)23-9-15-19-13(10-24-15)17(22)20-16-14(21)3-2-8-18-16/h2-8,10,21H,9H2,1H3,(H,18,20,22). The molecule has 1 aromatic carbocycles. The zero-order chi connectivity index (χ0) is 16.9. The number of carbonyl (C=O) groups is 1. The number of ether oxygens (including phenoxy) is 1. The van der Waals surface area contributed by atoms with E-state index >= 15 is 0 Å².